The SMILES string of the molecule is CCC(C)(C)C(=O)OC1(c2ccc(C)cc2)CCCC1. The number of carbonyl (C=O) groups is 1. The van der Waals surface area contributed by atoms with E-state index in [0.29, 0.717) is 0 Å². The molecule has 1 saturated carbocycles. The van der Waals surface area contributed by atoms with E-state index < -0.39 is 11.0 Å². The second kappa shape index (κ2) is 5.59. The van der Waals surface area contributed by atoms with Gasteiger partial charge < -0.3 is 4.74 Å². The van der Waals surface area contributed by atoms with Gasteiger partial charge in [-0.05, 0) is 58.4 Å². The van der Waals surface area contributed by atoms with Crippen LogP contribution >= 0.6 is 0 Å². The van der Waals surface area contributed by atoms with E-state index in [2.05, 4.69) is 31.2 Å². The molecule has 2 nitrogen and oxygen atoms in total. The fraction of sp³-hybridized carbons (Fsp3) is 0.611. The maximum absolute atomic E-state index is 12.5. The Labute approximate surface area is 122 Å². The van der Waals surface area contributed by atoms with Gasteiger partial charge in [-0.25, -0.2) is 0 Å². The Morgan fingerprint density at radius 1 is 1.20 bits per heavy atom. The predicted molar refractivity (Wildman–Crippen MR) is 81.5 cm³/mol. The second-order valence-electron chi connectivity index (χ2n) is 6.69. The highest BCUT2D eigenvalue weighted by atomic mass is 16.6. The number of hydrogen-bond acceptors (Lipinski definition) is 2. The van der Waals surface area contributed by atoms with Crippen LogP contribution in [0.15, 0.2) is 24.3 Å². The van der Waals surface area contributed by atoms with Crippen LogP contribution in [0, 0.1) is 12.3 Å². The van der Waals surface area contributed by atoms with Gasteiger partial charge in [-0.2, -0.15) is 0 Å². The van der Waals surface area contributed by atoms with E-state index in [1.165, 1.54) is 5.56 Å². The third-order valence-electron chi connectivity index (χ3n) is 4.71. The topological polar surface area (TPSA) is 26.3 Å². The minimum absolute atomic E-state index is 0.0672. The Hall–Kier alpha value is -1.31. The maximum Gasteiger partial charge on any atom is 0.312 e. The molecule has 0 heterocycles. The summed E-state index contributed by atoms with van der Waals surface area (Å²) in [6.45, 7) is 8.05. The number of hydrogen-bond donors (Lipinski definition) is 0. The van der Waals surface area contributed by atoms with Crippen molar-refractivity contribution in [2.75, 3.05) is 0 Å². The standard InChI is InChI=1S/C18H26O2/c1-5-17(3,4)16(19)20-18(12-6-7-13-18)15-10-8-14(2)9-11-15/h8-11H,5-7,12-13H2,1-4H3. The molecule has 0 atom stereocenters. The van der Waals surface area contributed by atoms with Crippen molar-refractivity contribution in [1.29, 1.82) is 0 Å². The zero-order chi connectivity index (χ0) is 14.8. The van der Waals surface area contributed by atoms with E-state index in [-0.39, 0.29) is 5.97 Å². The first kappa shape index (κ1) is 15.1. The third-order valence-corrected chi connectivity index (χ3v) is 4.71. The molecule has 1 aromatic carbocycles. The Kier molecular flexibility index (Phi) is 4.22. The third kappa shape index (κ3) is 2.89. The number of carbonyl (C=O) groups excluding carboxylic acids is 1. The highest BCUT2D eigenvalue weighted by molar-refractivity contribution is 5.76. The number of rotatable bonds is 4. The zero-order valence-corrected chi connectivity index (χ0v) is 13.2. The molecule has 0 amide bonds. The van der Waals surface area contributed by atoms with Gasteiger partial charge >= 0.3 is 5.97 Å². The number of aryl methyl sites for hydroxylation is 1. The summed E-state index contributed by atoms with van der Waals surface area (Å²) in [6.07, 6.45) is 4.96. The lowest BCUT2D eigenvalue weighted by Gasteiger charge is -2.33. The van der Waals surface area contributed by atoms with Crippen LogP contribution in [0.5, 0.6) is 0 Å². The first-order valence-electron chi connectivity index (χ1n) is 7.70. The molecule has 1 fully saturated rings. The Bertz CT molecular complexity index is 465. The summed E-state index contributed by atoms with van der Waals surface area (Å²) < 4.78 is 6.04. The molecule has 1 aliphatic rings. The maximum atomic E-state index is 12.5. The van der Waals surface area contributed by atoms with Crippen LogP contribution in [0.3, 0.4) is 0 Å². The second-order valence-corrected chi connectivity index (χ2v) is 6.69. The lowest BCUT2D eigenvalue weighted by molar-refractivity contribution is -0.171. The average Bonchev–Trinajstić information content (AvgIpc) is 2.89. The molecule has 0 bridgehead atoms. The quantitative estimate of drug-likeness (QED) is 0.741. The highest BCUT2D eigenvalue weighted by Crippen LogP contribution is 2.43. The van der Waals surface area contributed by atoms with Gasteiger partial charge in [-0.3, -0.25) is 4.79 Å². The molecule has 0 radical (unpaired) electrons. The molecular formula is C18H26O2. The smallest absolute Gasteiger partial charge is 0.312 e. The largest absolute Gasteiger partial charge is 0.454 e. The van der Waals surface area contributed by atoms with E-state index in [4.69, 9.17) is 4.74 Å². The summed E-state index contributed by atoms with van der Waals surface area (Å²) in [7, 11) is 0. The molecule has 2 heteroatoms. The Balaban J connectivity index is 2.27. The lowest BCUT2D eigenvalue weighted by Crippen LogP contribution is -2.36. The van der Waals surface area contributed by atoms with E-state index in [0.717, 1.165) is 37.7 Å². The van der Waals surface area contributed by atoms with Gasteiger partial charge in [0.15, 0.2) is 0 Å². The lowest BCUT2D eigenvalue weighted by atomic mass is 9.88. The van der Waals surface area contributed by atoms with Crippen molar-refractivity contribution < 1.29 is 9.53 Å². The van der Waals surface area contributed by atoms with Crippen molar-refractivity contribution in [2.24, 2.45) is 5.41 Å². The molecule has 0 N–H and O–H groups in total. The van der Waals surface area contributed by atoms with Crippen LogP contribution < -0.4 is 0 Å². The fourth-order valence-corrected chi connectivity index (χ4v) is 2.71. The van der Waals surface area contributed by atoms with E-state index in [1.54, 1.807) is 0 Å². The van der Waals surface area contributed by atoms with Crippen LogP contribution in [0.2, 0.25) is 0 Å². The normalized spacial score (nSPS) is 18.0. The van der Waals surface area contributed by atoms with Crippen molar-refractivity contribution in [3.63, 3.8) is 0 Å². The number of esters is 1. The molecule has 0 spiro atoms. The molecule has 0 aliphatic heterocycles. The molecule has 1 aromatic rings. The van der Waals surface area contributed by atoms with E-state index in [9.17, 15) is 4.79 Å². The van der Waals surface area contributed by atoms with Gasteiger partial charge in [0.05, 0.1) is 5.41 Å². The van der Waals surface area contributed by atoms with E-state index in [1.807, 2.05) is 20.8 Å². The summed E-state index contributed by atoms with van der Waals surface area (Å²) >= 11 is 0. The molecule has 2 rings (SSSR count). The van der Waals surface area contributed by atoms with Gasteiger partial charge in [0.2, 0.25) is 0 Å². The minimum atomic E-state index is -0.402. The van der Waals surface area contributed by atoms with Crippen molar-refractivity contribution in [1.82, 2.24) is 0 Å². The number of ether oxygens (including phenoxy) is 1. The van der Waals surface area contributed by atoms with Crippen molar-refractivity contribution in [3.05, 3.63) is 35.4 Å². The Morgan fingerprint density at radius 2 is 1.75 bits per heavy atom. The molecule has 110 valence electrons. The molecule has 20 heavy (non-hydrogen) atoms. The molecular weight excluding hydrogens is 248 g/mol. The Morgan fingerprint density at radius 3 is 2.25 bits per heavy atom. The van der Waals surface area contributed by atoms with Crippen LogP contribution in [0.1, 0.15) is 64.0 Å². The van der Waals surface area contributed by atoms with Crippen molar-refractivity contribution in [3.8, 4) is 0 Å². The summed E-state index contributed by atoms with van der Waals surface area (Å²) in [5.41, 5.74) is 1.60. The molecule has 0 saturated heterocycles. The first-order chi connectivity index (χ1) is 9.39. The number of benzene rings is 1. The molecule has 0 unspecified atom stereocenters. The first-order valence-corrected chi connectivity index (χ1v) is 7.70. The minimum Gasteiger partial charge on any atom is -0.454 e. The van der Waals surface area contributed by atoms with Crippen LogP contribution in [0.25, 0.3) is 0 Å². The van der Waals surface area contributed by atoms with E-state index >= 15 is 0 Å². The van der Waals surface area contributed by atoms with Gasteiger partial charge in [-0.1, -0.05) is 36.8 Å². The van der Waals surface area contributed by atoms with Crippen LogP contribution in [-0.4, -0.2) is 5.97 Å². The van der Waals surface area contributed by atoms with Gasteiger partial charge in [-0.15, -0.1) is 0 Å². The summed E-state index contributed by atoms with van der Waals surface area (Å²) in [4.78, 5) is 12.5. The average molecular weight is 274 g/mol. The van der Waals surface area contributed by atoms with Gasteiger partial charge in [0, 0.05) is 0 Å². The van der Waals surface area contributed by atoms with Crippen molar-refractivity contribution >= 4 is 5.97 Å². The summed E-state index contributed by atoms with van der Waals surface area (Å²) in [6, 6.07) is 8.45. The molecule has 0 aromatic heterocycles. The zero-order valence-electron chi connectivity index (χ0n) is 13.2. The predicted octanol–water partition coefficient (Wildman–Crippen LogP) is 4.74. The summed E-state index contributed by atoms with van der Waals surface area (Å²) in [5.74, 6) is -0.0672. The fourth-order valence-electron chi connectivity index (χ4n) is 2.71. The van der Waals surface area contributed by atoms with Gasteiger partial charge in [0.1, 0.15) is 5.60 Å². The molecule has 1 aliphatic carbocycles. The van der Waals surface area contributed by atoms with Crippen LogP contribution in [0.4, 0.5) is 0 Å². The van der Waals surface area contributed by atoms with Gasteiger partial charge in [0.25, 0.3) is 0 Å². The monoisotopic (exact) mass is 274 g/mol. The van der Waals surface area contributed by atoms with Crippen LogP contribution in [-0.2, 0) is 15.1 Å². The van der Waals surface area contributed by atoms with Crippen molar-refractivity contribution in [2.45, 2.75) is 65.4 Å². The summed E-state index contributed by atoms with van der Waals surface area (Å²) in [5, 5.41) is 0. The highest BCUT2D eigenvalue weighted by Gasteiger charge is 2.42.